The number of hydrogen-bond donors (Lipinski definition) is 8. The van der Waals surface area contributed by atoms with E-state index < -0.39 is 6.04 Å². The number of carbonyl (C=O) groups excluding carboxylic acids is 7. The molecule has 10 aliphatic rings. The first kappa shape index (κ1) is 87.0. The molecule has 8 aliphatic carbocycles. The zero-order chi connectivity index (χ0) is 83.5. The Bertz CT molecular complexity index is 4630. The summed E-state index contributed by atoms with van der Waals surface area (Å²) in [5, 5.41) is 44.9. The molecule has 6 aromatic heterocycles. The first-order valence-corrected chi connectivity index (χ1v) is 44.1. The number of amides is 7. The number of unbranched alkanes of at least 4 members (excludes halogenated alkanes) is 2. The summed E-state index contributed by atoms with van der Waals surface area (Å²) in [6.45, 7) is 17.9. The number of nitrogens with two attached hydrogens (primary N) is 1. The molecule has 0 spiro atoms. The van der Waals surface area contributed by atoms with Crippen molar-refractivity contribution in [1.82, 2.24) is 67.7 Å². The molecule has 28 nitrogen and oxygen atoms in total. The molecular weight excluding hydrogens is 1530 g/mol. The Labute approximate surface area is 701 Å². The Kier molecular flexibility index (Phi) is 30.3. The highest BCUT2D eigenvalue weighted by Crippen LogP contribution is 2.45. The Balaban J connectivity index is 0.000000124. The molecule has 2 saturated heterocycles. The third kappa shape index (κ3) is 25.9. The number of aryl methyl sites for hydroxylation is 1. The van der Waals surface area contributed by atoms with E-state index in [2.05, 4.69) is 108 Å². The SMILES string of the molecule is CC(C)(C)C(NC(=O)c1cc(C2CC2)on1)C1CCCCC1.CCCCCNC(=O)c1cc(C2CC2)on1.CCc1ccc(NC(=O)c2cc(C3CC3)on2)cc1Cl.C[C@@H](N)C(=O)N1CC[C@H](CNC(=O)c2cc(C3CC3)on2)C1.O=C(NC(c1ccccc1)C1CCC1)c1cc(C2CC2)on1.O=C(NC[C@@H]1CCNC1)c1cc(C2CC2)on1. The van der Waals surface area contributed by atoms with Crippen molar-refractivity contribution in [3.63, 3.8) is 0 Å². The molecule has 18 rings (SSSR count). The number of rotatable bonds is 28. The standard InChI is InChI=1S/C18H20N2O2.C18H28N2O2.C15H15ClN2O2.C15H22N4O3.C12H17N3O2.C12H18N2O2/c21-18(15-11-16(22-20-15)12-9-10-12)19-17(14-7-4-8-14)13-5-2-1-3-6-13;1-18(2,3)16(13-7-5-4-6-8-13)19-17(21)14-11-15(22-20-14)12-9-10-12;1-2-9-5-6-11(7-12(9)16)17-15(19)13-8-14(20-18-13)10-3-4-10;1-9(16)15(21)19-5-4-10(8-19)7-17-14(20)12-6-13(22-18-12)11-2-3-11;16-12(14-7-8-3-4-13-6-8)10-5-11(17-15-10)9-1-2-9;1-2-3-4-7-13-12(15)10-8-11(16-14-10)9-5-6-9/h1-3,5-6,11-12,14,17H,4,7-10H2,(H,19,21);11-13,16H,4-10H2,1-3H3,(H,19,21);5-8,10H,2-4H2,1H3,(H,17,19);6,9-11H,2-5,7-8,16H2,1H3,(H,17,20);5,8-9,13H,1-4,6-7H2,(H,14,16);8-9H,2-7H2,1H3,(H,13,15)/t;;;9-,10-;8-;/m...11./s1. The second kappa shape index (κ2) is 41.4. The summed E-state index contributed by atoms with van der Waals surface area (Å²) in [5.41, 5.74) is 10.9. The molecule has 29 heteroatoms. The maximum Gasteiger partial charge on any atom is 0.277 e. The minimum Gasteiger partial charge on any atom is -0.360 e. The molecule has 7 amide bonds. The van der Waals surface area contributed by atoms with Gasteiger partial charge in [-0.05, 0) is 201 Å². The van der Waals surface area contributed by atoms with Crippen LogP contribution in [0, 0.1) is 29.1 Å². The summed E-state index contributed by atoms with van der Waals surface area (Å²) in [6.07, 6.45) is 29.8. The second-order valence-electron chi connectivity index (χ2n) is 35.2. The lowest BCUT2D eigenvalue weighted by Crippen LogP contribution is -2.49. The molecule has 9 N–H and O–H groups in total. The summed E-state index contributed by atoms with van der Waals surface area (Å²) < 4.78 is 31.2. The molecular formula is C90H120ClN15O13. The van der Waals surface area contributed by atoms with Crippen molar-refractivity contribution in [2.24, 2.45) is 34.8 Å². The fourth-order valence-corrected chi connectivity index (χ4v) is 15.7. The normalized spacial score (nSPS) is 19.6. The summed E-state index contributed by atoms with van der Waals surface area (Å²) in [4.78, 5) is 86.2. The molecule has 8 aromatic rings. The van der Waals surface area contributed by atoms with Crippen LogP contribution in [0.15, 0.2) is 112 Å². The van der Waals surface area contributed by atoms with Crippen LogP contribution in [0.2, 0.25) is 5.02 Å². The van der Waals surface area contributed by atoms with E-state index in [-0.39, 0.29) is 64.8 Å². The largest absolute Gasteiger partial charge is 0.360 e. The van der Waals surface area contributed by atoms with Crippen LogP contribution in [0.4, 0.5) is 5.69 Å². The van der Waals surface area contributed by atoms with E-state index in [4.69, 9.17) is 44.5 Å². The lowest BCUT2D eigenvalue weighted by Gasteiger charge is -2.39. The van der Waals surface area contributed by atoms with Gasteiger partial charge in [-0.3, -0.25) is 33.6 Å². The van der Waals surface area contributed by atoms with Crippen LogP contribution in [-0.2, 0) is 11.2 Å². The summed E-state index contributed by atoms with van der Waals surface area (Å²) >= 11 is 6.13. The number of hydrogen-bond acceptors (Lipinski definition) is 21. The van der Waals surface area contributed by atoms with Gasteiger partial charge < -0.3 is 75.0 Å². The van der Waals surface area contributed by atoms with Crippen LogP contribution < -0.4 is 43.0 Å². The van der Waals surface area contributed by atoms with Crippen molar-refractivity contribution in [2.45, 2.75) is 262 Å². The summed E-state index contributed by atoms with van der Waals surface area (Å²) in [7, 11) is 0. The minimum atomic E-state index is -0.468. The average Bonchev–Trinajstić information content (AvgIpc) is 1.61. The van der Waals surface area contributed by atoms with Crippen LogP contribution in [0.3, 0.4) is 0 Å². The van der Waals surface area contributed by atoms with E-state index >= 15 is 0 Å². The fourth-order valence-electron chi connectivity index (χ4n) is 15.4. The van der Waals surface area contributed by atoms with Crippen LogP contribution in [0.25, 0.3) is 0 Å². The van der Waals surface area contributed by atoms with Crippen molar-refractivity contribution in [3.05, 3.63) is 170 Å². The highest BCUT2D eigenvalue weighted by atomic mass is 35.5. The average molecular weight is 1660 g/mol. The van der Waals surface area contributed by atoms with E-state index in [0.717, 1.165) is 182 Å². The van der Waals surface area contributed by atoms with Crippen LogP contribution in [-0.4, -0.2) is 135 Å². The van der Waals surface area contributed by atoms with Crippen LogP contribution >= 0.6 is 11.6 Å². The van der Waals surface area contributed by atoms with Gasteiger partial charge in [0, 0.05) is 121 Å². The smallest absolute Gasteiger partial charge is 0.277 e. The van der Waals surface area contributed by atoms with Crippen molar-refractivity contribution in [3.8, 4) is 0 Å². The van der Waals surface area contributed by atoms with Crippen molar-refractivity contribution in [2.75, 3.05) is 51.1 Å². The summed E-state index contributed by atoms with van der Waals surface area (Å²) in [6, 6.07) is 26.1. The van der Waals surface area contributed by atoms with Crippen molar-refractivity contribution in [1.29, 1.82) is 0 Å². The van der Waals surface area contributed by atoms with Gasteiger partial charge in [0.15, 0.2) is 34.2 Å². The molecule has 8 heterocycles. The number of aromatic nitrogens is 6. The lowest BCUT2D eigenvalue weighted by atomic mass is 9.73. The Morgan fingerprint density at radius 2 is 0.933 bits per heavy atom. The molecule has 0 radical (unpaired) electrons. The predicted molar refractivity (Wildman–Crippen MR) is 447 cm³/mol. The number of anilines is 1. The van der Waals surface area contributed by atoms with Gasteiger partial charge in [-0.1, -0.05) is 152 Å². The quantitative estimate of drug-likeness (QED) is 0.0211. The number of benzene rings is 2. The van der Waals surface area contributed by atoms with Crippen molar-refractivity contribution < 1.29 is 60.7 Å². The zero-order valence-corrected chi connectivity index (χ0v) is 70.6. The number of nitrogens with zero attached hydrogens (tertiary/aromatic N) is 7. The van der Waals surface area contributed by atoms with Crippen LogP contribution in [0.5, 0.6) is 0 Å². The zero-order valence-electron chi connectivity index (χ0n) is 69.8. The van der Waals surface area contributed by atoms with E-state index in [0.29, 0.717) is 118 Å². The first-order valence-electron chi connectivity index (χ1n) is 43.8. The molecule has 0 bridgehead atoms. The molecule has 2 unspecified atom stereocenters. The van der Waals surface area contributed by atoms with Crippen LogP contribution in [0.1, 0.15) is 352 Å². The Hall–Kier alpha value is -9.80. The van der Waals surface area contributed by atoms with Gasteiger partial charge in [-0.2, -0.15) is 0 Å². The molecule has 5 atom stereocenters. The predicted octanol–water partition coefficient (Wildman–Crippen LogP) is 16.0. The van der Waals surface area contributed by atoms with E-state index in [1.165, 1.54) is 56.9 Å². The maximum absolute atomic E-state index is 12.6. The number of likely N-dealkylation sites (tertiary alicyclic amines) is 1. The Morgan fingerprint density at radius 3 is 1.34 bits per heavy atom. The minimum absolute atomic E-state index is 0.0283. The molecule has 640 valence electrons. The lowest BCUT2D eigenvalue weighted by molar-refractivity contribution is -0.131. The van der Waals surface area contributed by atoms with E-state index in [9.17, 15) is 33.6 Å². The van der Waals surface area contributed by atoms with Gasteiger partial charge >= 0.3 is 0 Å². The van der Waals surface area contributed by atoms with Gasteiger partial charge in [0.25, 0.3) is 35.4 Å². The number of carbonyl (C=O) groups is 7. The van der Waals surface area contributed by atoms with Gasteiger partial charge in [-0.15, -0.1) is 0 Å². The second-order valence-corrected chi connectivity index (χ2v) is 35.6. The fraction of sp³-hybridized carbons (Fsp3) is 0.589. The van der Waals surface area contributed by atoms with E-state index in [1.807, 2.05) is 43.3 Å². The molecule has 2 aliphatic heterocycles. The first-order chi connectivity index (χ1) is 57.6. The van der Waals surface area contributed by atoms with Gasteiger partial charge in [0.1, 0.15) is 34.6 Å². The maximum atomic E-state index is 12.6. The third-order valence-electron chi connectivity index (χ3n) is 23.9. The molecule has 2 aromatic carbocycles. The van der Waals surface area contributed by atoms with Gasteiger partial charge in [0.05, 0.1) is 12.1 Å². The Morgan fingerprint density at radius 1 is 0.496 bits per heavy atom. The topological polar surface area (TPSA) is 389 Å². The van der Waals surface area contributed by atoms with Gasteiger partial charge in [0.2, 0.25) is 5.91 Å². The van der Waals surface area contributed by atoms with Crippen molar-refractivity contribution >= 4 is 58.6 Å². The molecule has 10 fully saturated rings. The highest BCUT2D eigenvalue weighted by Gasteiger charge is 2.39. The summed E-state index contributed by atoms with van der Waals surface area (Å²) in [5.74, 6) is 8.87. The third-order valence-corrected chi connectivity index (χ3v) is 24.2. The highest BCUT2D eigenvalue weighted by molar-refractivity contribution is 6.31. The number of halogens is 1. The monoisotopic (exact) mass is 1650 g/mol. The van der Waals surface area contributed by atoms with Gasteiger partial charge in [-0.25, -0.2) is 0 Å². The van der Waals surface area contributed by atoms with E-state index in [1.54, 1.807) is 48.2 Å². The molecule has 119 heavy (non-hydrogen) atoms. The molecule has 8 saturated carbocycles. The number of nitrogens with one attached hydrogen (secondary N) is 7.